The normalized spacial score (nSPS) is 17.3. The largest absolute Gasteiger partial charge is 0.381 e. The Balaban J connectivity index is 2.30. The molecule has 1 aliphatic heterocycles. The van der Waals surface area contributed by atoms with E-state index in [0.717, 1.165) is 44.0 Å². The highest BCUT2D eigenvalue weighted by atomic mass is 79.9. The molecule has 0 unspecified atom stereocenters. The summed E-state index contributed by atoms with van der Waals surface area (Å²) < 4.78 is 5.92. The van der Waals surface area contributed by atoms with Gasteiger partial charge in [0.2, 0.25) is 0 Å². The minimum Gasteiger partial charge on any atom is -0.381 e. The van der Waals surface area contributed by atoms with E-state index >= 15 is 0 Å². The molecule has 18 heavy (non-hydrogen) atoms. The van der Waals surface area contributed by atoms with Crippen molar-refractivity contribution in [2.24, 2.45) is 5.92 Å². The maximum Gasteiger partial charge on any atom is 0.265 e. The standard InChI is InChI=1S/C13H19BrN2O2/c1-8(2)7-10-11(14)13(17)16-12(15-10)9-3-5-18-6-4-9/h8-9H,3-7H2,1-2H3,(H,15,16,17). The van der Waals surface area contributed by atoms with Gasteiger partial charge in [-0.2, -0.15) is 0 Å². The zero-order valence-electron chi connectivity index (χ0n) is 10.8. The summed E-state index contributed by atoms with van der Waals surface area (Å²) in [6.07, 6.45) is 2.69. The third kappa shape index (κ3) is 3.20. The van der Waals surface area contributed by atoms with Gasteiger partial charge in [-0.3, -0.25) is 4.79 Å². The van der Waals surface area contributed by atoms with Crippen LogP contribution in [0.15, 0.2) is 9.27 Å². The number of aromatic nitrogens is 2. The summed E-state index contributed by atoms with van der Waals surface area (Å²) in [5.41, 5.74) is 0.803. The minimum atomic E-state index is -0.0675. The van der Waals surface area contributed by atoms with Crippen LogP contribution in [-0.2, 0) is 11.2 Å². The van der Waals surface area contributed by atoms with Gasteiger partial charge in [-0.15, -0.1) is 0 Å². The second-order valence-corrected chi connectivity index (χ2v) is 5.99. The van der Waals surface area contributed by atoms with Crippen LogP contribution in [0, 0.1) is 5.92 Å². The van der Waals surface area contributed by atoms with Gasteiger partial charge in [0.1, 0.15) is 10.3 Å². The van der Waals surface area contributed by atoms with E-state index < -0.39 is 0 Å². The molecule has 0 saturated carbocycles. The van der Waals surface area contributed by atoms with E-state index in [9.17, 15) is 4.79 Å². The van der Waals surface area contributed by atoms with Crippen LogP contribution in [0.3, 0.4) is 0 Å². The first-order valence-electron chi connectivity index (χ1n) is 6.44. The molecule has 0 radical (unpaired) electrons. The van der Waals surface area contributed by atoms with E-state index in [2.05, 4.69) is 39.7 Å². The first-order valence-corrected chi connectivity index (χ1v) is 7.23. The maximum atomic E-state index is 11.9. The van der Waals surface area contributed by atoms with Crippen molar-refractivity contribution in [2.45, 2.75) is 39.0 Å². The van der Waals surface area contributed by atoms with Crippen LogP contribution < -0.4 is 5.56 Å². The number of hydrogen-bond donors (Lipinski definition) is 1. The van der Waals surface area contributed by atoms with Crippen LogP contribution in [-0.4, -0.2) is 23.2 Å². The van der Waals surface area contributed by atoms with Crippen LogP contribution in [0.1, 0.15) is 44.1 Å². The highest BCUT2D eigenvalue weighted by Crippen LogP contribution is 2.25. The molecule has 2 rings (SSSR count). The molecule has 0 bridgehead atoms. The number of aromatic amines is 1. The van der Waals surface area contributed by atoms with Crippen LogP contribution in [0.5, 0.6) is 0 Å². The van der Waals surface area contributed by atoms with Crippen LogP contribution in [0.4, 0.5) is 0 Å². The molecule has 1 aromatic heterocycles. The Bertz CT molecular complexity index is 465. The van der Waals surface area contributed by atoms with Crippen molar-refractivity contribution in [3.63, 3.8) is 0 Å². The van der Waals surface area contributed by atoms with Gasteiger partial charge in [0.05, 0.1) is 5.69 Å². The summed E-state index contributed by atoms with van der Waals surface area (Å²) in [6, 6.07) is 0. The van der Waals surface area contributed by atoms with Gasteiger partial charge in [0.15, 0.2) is 0 Å². The number of hydrogen-bond acceptors (Lipinski definition) is 3. The van der Waals surface area contributed by atoms with Crippen molar-refractivity contribution < 1.29 is 4.74 Å². The zero-order chi connectivity index (χ0) is 13.1. The van der Waals surface area contributed by atoms with Gasteiger partial charge in [0, 0.05) is 19.1 Å². The molecule has 100 valence electrons. The smallest absolute Gasteiger partial charge is 0.265 e. The predicted octanol–water partition coefficient (Wildman–Crippen LogP) is 2.62. The number of ether oxygens (including phenoxy) is 1. The van der Waals surface area contributed by atoms with E-state index in [4.69, 9.17) is 4.74 Å². The molecule has 5 heteroatoms. The number of halogens is 1. The third-order valence-electron chi connectivity index (χ3n) is 3.16. The Morgan fingerprint density at radius 1 is 1.44 bits per heavy atom. The lowest BCUT2D eigenvalue weighted by atomic mass is 9.99. The first kappa shape index (κ1) is 13.7. The lowest BCUT2D eigenvalue weighted by Crippen LogP contribution is -2.22. The number of nitrogens with zero attached hydrogens (tertiary/aromatic N) is 1. The van der Waals surface area contributed by atoms with E-state index in [1.54, 1.807) is 0 Å². The summed E-state index contributed by atoms with van der Waals surface area (Å²) >= 11 is 3.34. The topological polar surface area (TPSA) is 55.0 Å². The van der Waals surface area contributed by atoms with Crippen molar-refractivity contribution in [2.75, 3.05) is 13.2 Å². The molecule has 4 nitrogen and oxygen atoms in total. The average molecular weight is 315 g/mol. The SMILES string of the molecule is CC(C)Cc1nc(C2CCOCC2)[nH]c(=O)c1Br. The second-order valence-electron chi connectivity index (χ2n) is 5.20. The summed E-state index contributed by atoms with van der Waals surface area (Å²) in [6.45, 7) is 5.76. The predicted molar refractivity (Wildman–Crippen MR) is 73.9 cm³/mol. The van der Waals surface area contributed by atoms with Crippen molar-refractivity contribution in [3.8, 4) is 0 Å². The molecule has 0 spiro atoms. The van der Waals surface area contributed by atoms with E-state index in [-0.39, 0.29) is 5.56 Å². The summed E-state index contributed by atoms with van der Waals surface area (Å²) in [7, 11) is 0. The molecule has 1 aliphatic rings. The van der Waals surface area contributed by atoms with E-state index in [0.29, 0.717) is 16.3 Å². The van der Waals surface area contributed by atoms with Crippen LogP contribution >= 0.6 is 15.9 Å². The van der Waals surface area contributed by atoms with Gasteiger partial charge in [-0.25, -0.2) is 4.98 Å². The summed E-state index contributed by atoms with van der Waals surface area (Å²) in [5, 5.41) is 0. The fourth-order valence-corrected chi connectivity index (χ4v) is 2.56. The fourth-order valence-electron chi connectivity index (χ4n) is 2.21. The third-order valence-corrected chi connectivity index (χ3v) is 3.98. The van der Waals surface area contributed by atoms with Crippen LogP contribution in [0.25, 0.3) is 0 Å². The molecule has 0 aliphatic carbocycles. The van der Waals surface area contributed by atoms with Crippen molar-refractivity contribution in [3.05, 3.63) is 26.3 Å². The average Bonchev–Trinajstić information content (AvgIpc) is 2.35. The quantitative estimate of drug-likeness (QED) is 0.933. The number of H-pyrrole nitrogens is 1. The molecule has 0 aromatic carbocycles. The first-order chi connectivity index (χ1) is 8.58. The Labute approximate surface area is 115 Å². The lowest BCUT2D eigenvalue weighted by molar-refractivity contribution is 0.0834. The molecular formula is C13H19BrN2O2. The van der Waals surface area contributed by atoms with Gasteiger partial charge in [0.25, 0.3) is 5.56 Å². The number of rotatable bonds is 3. The Kier molecular flexibility index (Phi) is 4.56. The number of nitrogens with one attached hydrogen (secondary N) is 1. The molecule has 1 fully saturated rings. The monoisotopic (exact) mass is 314 g/mol. The highest BCUT2D eigenvalue weighted by molar-refractivity contribution is 9.10. The van der Waals surface area contributed by atoms with Crippen LogP contribution in [0.2, 0.25) is 0 Å². The lowest BCUT2D eigenvalue weighted by Gasteiger charge is -2.21. The second kappa shape index (κ2) is 5.97. The molecule has 2 heterocycles. The van der Waals surface area contributed by atoms with Crippen molar-refractivity contribution in [1.82, 2.24) is 9.97 Å². The van der Waals surface area contributed by atoms with Gasteiger partial charge in [-0.05, 0) is 41.1 Å². The highest BCUT2D eigenvalue weighted by Gasteiger charge is 2.20. The van der Waals surface area contributed by atoms with E-state index in [1.807, 2.05) is 0 Å². The van der Waals surface area contributed by atoms with E-state index in [1.165, 1.54) is 0 Å². The molecule has 0 amide bonds. The summed E-state index contributed by atoms with van der Waals surface area (Å²) in [4.78, 5) is 19.4. The van der Waals surface area contributed by atoms with Crippen molar-refractivity contribution in [1.29, 1.82) is 0 Å². The molecular weight excluding hydrogens is 296 g/mol. The van der Waals surface area contributed by atoms with Gasteiger partial charge < -0.3 is 9.72 Å². The molecule has 0 atom stereocenters. The minimum absolute atomic E-state index is 0.0675. The zero-order valence-corrected chi connectivity index (χ0v) is 12.4. The van der Waals surface area contributed by atoms with Crippen molar-refractivity contribution >= 4 is 15.9 Å². The van der Waals surface area contributed by atoms with Gasteiger partial charge >= 0.3 is 0 Å². The molecule has 1 N–H and O–H groups in total. The Hall–Kier alpha value is -0.680. The fraction of sp³-hybridized carbons (Fsp3) is 0.692. The molecule has 1 saturated heterocycles. The Morgan fingerprint density at radius 3 is 2.72 bits per heavy atom. The van der Waals surface area contributed by atoms with Gasteiger partial charge in [-0.1, -0.05) is 13.8 Å². The summed E-state index contributed by atoms with van der Waals surface area (Å²) in [5.74, 6) is 1.63. The maximum absolute atomic E-state index is 11.9. The Morgan fingerprint density at radius 2 is 2.11 bits per heavy atom. The molecule has 1 aromatic rings.